The largest absolute Gasteiger partial charge is 0.323 e. The fourth-order valence-electron chi connectivity index (χ4n) is 3.63. The van der Waals surface area contributed by atoms with Gasteiger partial charge in [-0.2, -0.15) is 5.26 Å². The first-order valence-electron chi connectivity index (χ1n) is 8.76. The van der Waals surface area contributed by atoms with E-state index in [1.54, 1.807) is 17.2 Å². The third-order valence-electron chi connectivity index (χ3n) is 5.05. The van der Waals surface area contributed by atoms with Gasteiger partial charge in [0, 0.05) is 41.4 Å². The SMILES string of the molecule is N#Cc1cc(F)ccc1-n1ccc(NC(=O)N2CCC3CCC(C2)S3=O)n1. The molecule has 1 aromatic carbocycles. The van der Waals surface area contributed by atoms with Crippen LogP contribution in [0.1, 0.15) is 24.8 Å². The number of likely N-dealkylation sites (tertiary alicyclic amines) is 1. The van der Waals surface area contributed by atoms with Gasteiger partial charge in [-0.1, -0.05) is 0 Å². The van der Waals surface area contributed by atoms with Crippen LogP contribution in [0.15, 0.2) is 30.5 Å². The molecule has 0 spiro atoms. The maximum absolute atomic E-state index is 13.3. The van der Waals surface area contributed by atoms with Crippen molar-refractivity contribution in [1.82, 2.24) is 14.7 Å². The molecule has 4 rings (SSSR count). The summed E-state index contributed by atoms with van der Waals surface area (Å²) in [5, 5.41) is 16.4. The highest BCUT2D eigenvalue weighted by Gasteiger charge is 2.38. The molecular weight excluding hydrogens is 369 g/mol. The number of nitrogens with one attached hydrogen (secondary N) is 1. The van der Waals surface area contributed by atoms with Crippen molar-refractivity contribution >= 4 is 22.6 Å². The minimum Gasteiger partial charge on any atom is -0.323 e. The zero-order valence-electron chi connectivity index (χ0n) is 14.5. The van der Waals surface area contributed by atoms with Crippen LogP contribution in [0.25, 0.3) is 5.69 Å². The molecule has 1 N–H and O–H groups in total. The molecule has 2 amide bonds. The maximum Gasteiger partial charge on any atom is 0.323 e. The van der Waals surface area contributed by atoms with Crippen LogP contribution < -0.4 is 5.32 Å². The highest BCUT2D eigenvalue weighted by Crippen LogP contribution is 2.30. The first-order valence-corrected chi connectivity index (χ1v) is 10.0. The predicted molar refractivity (Wildman–Crippen MR) is 98.4 cm³/mol. The molecule has 140 valence electrons. The topological polar surface area (TPSA) is 91.0 Å². The van der Waals surface area contributed by atoms with Crippen molar-refractivity contribution in [2.75, 3.05) is 18.4 Å². The predicted octanol–water partition coefficient (Wildman–Crippen LogP) is 2.40. The summed E-state index contributed by atoms with van der Waals surface area (Å²) in [6, 6.07) is 7.14. The summed E-state index contributed by atoms with van der Waals surface area (Å²) in [7, 11) is -0.849. The van der Waals surface area contributed by atoms with E-state index in [1.807, 2.05) is 6.07 Å². The van der Waals surface area contributed by atoms with Gasteiger partial charge in [-0.25, -0.2) is 13.9 Å². The molecule has 9 heteroatoms. The fourth-order valence-corrected chi connectivity index (χ4v) is 5.58. The van der Waals surface area contributed by atoms with Crippen LogP contribution in [0, 0.1) is 17.1 Å². The number of fused-ring (bicyclic) bond motifs is 2. The Morgan fingerprint density at radius 2 is 2.11 bits per heavy atom. The number of aromatic nitrogens is 2. The molecule has 0 radical (unpaired) electrons. The van der Waals surface area contributed by atoms with Crippen molar-refractivity contribution < 1.29 is 13.4 Å². The molecule has 2 aromatic rings. The van der Waals surface area contributed by atoms with Gasteiger partial charge in [0.1, 0.15) is 11.9 Å². The lowest BCUT2D eigenvalue weighted by atomic mass is 10.1. The highest BCUT2D eigenvalue weighted by molar-refractivity contribution is 7.86. The van der Waals surface area contributed by atoms with Gasteiger partial charge in [-0.05, 0) is 37.5 Å². The van der Waals surface area contributed by atoms with E-state index in [4.69, 9.17) is 5.26 Å². The summed E-state index contributed by atoms with van der Waals surface area (Å²) < 4.78 is 27.0. The molecule has 2 aliphatic heterocycles. The Labute approximate surface area is 158 Å². The number of halogens is 1. The first-order chi connectivity index (χ1) is 13.0. The van der Waals surface area contributed by atoms with Gasteiger partial charge in [0.2, 0.25) is 0 Å². The average molecular weight is 387 g/mol. The Balaban J connectivity index is 1.48. The third kappa shape index (κ3) is 3.45. The first kappa shape index (κ1) is 17.7. The molecule has 2 aliphatic rings. The molecule has 3 unspecified atom stereocenters. The number of hydrogen-bond donors (Lipinski definition) is 1. The Hall–Kier alpha value is -2.73. The van der Waals surface area contributed by atoms with Crippen molar-refractivity contribution in [3.63, 3.8) is 0 Å². The summed E-state index contributed by atoms with van der Waals surface area (Å²) in [6.07, 6.45) is 4.24. The zero-order valence-corrected chi connectivity index (χ0v) is 15.3. The lowest BCUT2D eigenvalue weighted by Gasteiger charge is -2.23. The number of carbonyl (C=O) groups is 1. The number of hydrogen-bond acceptors (Lipinski definition) is 4. The number of nitriles is 1. The van der Waals surface area contributed by atoms with E-state index in [1.165, 1.54) is 16.8 Å². The second-order valence-corrected chi connectivity index (χ2v) is 8.72. The smallest absolute Gasteiger partial charge is 0.323 e. The minimum atomic E-state index is -0.849. The molecule has 27 heavy (non-hydrogen) atoms. The van der Waals surface area contributed by atoms with Crippen molar-refractivity contribution in [2.45, 2.75) is 29.8 Å². The molecule has 1 aromatic heterocycles. The maximum atomic E-state index is 13.3. The highest BCUT2D eigenvalue weighted by atomic mass is 32.2. The van der Waals surface area contributed by atoms with Gasteiger partial charge in [0.25, 0.3) is 0 Å². The van der Waals surface area contributed by atoms with Crippen molar-refractivity contribution in [3.05, 3.63) is 41.8 Å². The van der Waals surface area contributed by atoms with Crippen molar-refractivity contribution in [3.8, 4) is 11.8 Å². The standard InChI is InChI=1S/C18H18FN5O2S/c19-13-1-4-16(12(9-13)10-20)24-8-6-17(22-24)21-18(25)23-7-5-14-2-3-15(11-23)27(14)26/h1,4,6,8-9,14-15H,2-3,5,7,11H2,(H,21,22,25). The normalized spacial score (nSPS) is 24.3. The molecular formula is C18H18FN5O2S. The van der Waals surface area contributed by atoms with Crippen LogP contribution in [-0.2, 0) is 10.8 Å². The van der Waals surface area contributed by atoms with Gasteiger partial charge in [0.15, 0.2) is 5.82 Å². The Morgan fingerprint density at radius 3 is 2.93 bits per heavy atom. The number of amides is 2. The van der Waals surface area contributed by atoms with Gasteiger partial charge < -0.3 is 4.90 Å². The summed E-state index contributed by atoms with van der Waals surface area (Å²) >= 11 is 0. The molecule has 7 nitrogen and oxygen atoms in total. The zero-order chi connectivity index (χ0) is 19.0. The van der Waals surface area contributed by atoms with Crippen molar-refractivity contribution in [2.24, 2.45) is 0 Å². The third-order valence-corrected chi connectivity index (χ3v) is 7.22. The van der Waals surface area contributed by atoms with Crippen LogP contribution in [0.4, 0.5) is 15.0 Å². The van der Waals surface area contributed by atoms with Gasteiger partial charge in [0.05, 0.1) is 16.5 Å². The number of carbonyl (C=O) groups excluding carboxylic acids is 1. The molecule has 3 atom stereocenters. The van der Waals surface area contributed by atoms with E-state index >= 15 is 0 Å². The molecule has 0 saturated carbocycles. The Morgan fingerprint density at radius 1 is 1.30 bits per heavy atom. The number of nitrogens with zero attached hydrogens (tertiary/aromatic N) is 4. The van der Waals surface area contributed by atoms with E-state index in [0.717, 1.165) is 25.3 Å². The fraction of sp³-hybridized carbons (Fsp3) is 0.389. The summed E-state index contributed by atoms with van der Waals surface area (Å²) in [5.41, 5.74) is 0.587. The number of anilines is 1. The van der Waals surface area contributed by atoms with Crippen LogP contribution >= 0.6 is 0 Å². The van der Waals surface area contributed by atoms with E-state index in [2.05, 4.69) is 10.4 Å². The van der Waals surface area contributed by atoms with E-state index in [-0.39, 0.29) is 22.1 Å². The van der Waals surface area contributed by atoms with E-state index in [0.29, 0.717) is 24.6 Å². The molecule has 2 bridgehead atoms. The van der Waals surface area contributed by atoms with Crippen molar-refractivity contribution in [1.29, 1.82) is 5.26 Å². The van der Waals surface area contributed by atoms with Crippen LogP contribution in [0.3, 0.4) is 0 Å². The lowest BCUT2D eigenvalue weighted by molar-refractivity contribution is 0.209. The van der Waals surface area contributed by atoms with Gasteiger partial charge in [-0.15, -0.1) is 5.10 Å². The quantitative estimate of drug-likeness (QED) is 0.857. The van der Waals surface area contributed by atoms with E-state index in [9.17, 15) is 13.4 Å². The monoisotopic (exact) mass is 387 g/mol. The Kier molecular flexibility index (Phi) is 4.66. The van der Waals surface area contributed by atoms with Gasteiger partial charge >= 0.3 is 6.03 Å². The average Bonchev–Trinajstić information content (AvgIpc) is 3.19. The number of rotatable bonds is 2. The lowest BCUT2D eigenvalue weighted by Crippen LogP contribution is -2.40. The minimum absolute atomic E-state index is 0.0539. The molecule has 0 aliphatic carbocycles. The van der Waals surface area contributed by atoms with Crippen LogP contribution in [0.2, 0.25) is 0 Å². The van der Waals surface area contributed by atoms with E-state index < -0.39 is 16.6 Å². The number of benzene rings is 1. The molecule has 3 heterocycles. The second-order valence-electron chi connectivity index (χ2n) is 6.73. The van der Waals surface area contributed by atoms with Gasteiger partial charge in [-0.3, -0.25) is 9.53 Å². The molecule has 2 fully saturated rings. The molecule has 2 saturated heterocycles. The summed E-state index contributed by atoms with van der Waals surface area (Å²) in [5.74, 6) is -0.160. The van der Waals surface area contributed by atoms with Crippen LogP contribution in [-0.4, -0.2) is 48.5 Å². The Bertz CT molecular complexity index is 953. The number of urea groups is 1. The summed E-state index contributed by atoms with van der Waals surface area (Å²) in [6.45, 7) is 1.07. The second kappa shape index (κ2) is 7.12. The van der Waals surface area contributed by atoms with Crippen LogP contribution in [0.5, 0.6) is 0 Å². The summed E-state index contributed by atoms with van der Waals surface area (Å²) in [4.78, 5) is 14.3.